The van der Waals surface area contributed by atoms with E-state index in [9.17, 15) is 4.79 Å². The molecule has 7 nitrogen and oxygen atoms in total. The Kier molecular flexibility index (Phi) is 6.33. The average Bonchev–Trinajstić information content (AvgIpc) is 2.66. The van der Waals surface area contributed by atoms with Crippen LogP contribution in [0.1, 0.15) is 32.1 Å². The Labute approximate surface area is 148 Å². The number of nitrogens with two attached hydrogens (primary N) is 1. The van der Waals surface area contributed by atoms with Crippen LogP contribution in [0, 0.1) is 5.92 Å². The van der Waals surface area contributed by atoms with Crippen molar-refractivity contribution in [2.24, 2.45) is 5.92 Å². The van der Waals surface area contributed by atoms with Crippen molar-refractivity contribution in [2.75, 3.05) is 50.2 Å². The predicted octanol–water partition coefficient (Wildman–Crippen LogP) is 2.00. The van der Waals surface area contributed by atoms with Crippen molar-refractivity contribution >= 4 is 17.5 Å². The van der Waals surface area contributed by atoms with E-state index in [0.29, 0.717) is 24.9 Å². The van der Waals surface area contributed by atoms with Crippen LogP contribution in [0.25, 0.3) is 0 Å². The molecule has 1 aromatic rings. The molecule has 0 atom stereocenters. The van der Waals surface area contributed by atoms with Gasteiger partial charge in [-0.2, -0.15) is 4.98 Å². The first-order valence-corrected chi connectivity index (χ1v) is 9.12. The molecule has 1 aromatic heterocycles. The van der Waals surface area contributed by atoms with Crippen molar-refractivity contribution in [3.8, 4) is 5.88 Å². The molecule has 0 aromatic carbocycles. The summed E-state index contributed by atoms with van der Waals surface area (Å²) in [7, 11) is 0. The first kappa shape index (κ1) is 17.8. The second kappa shape index (κ2) is 8.89. The number of ether oxygens (including phenoxy) is 3. The van der Waals surface area contributed by atoms with E-state index in [1.807, 2.05) is 12.1 Å². The molecule has 2 fully saturated rings. The third kappa shape index (κ3) is 5.22. The molecular formula is C18H27N3O4. The van der Waals surface area contributed by atoms with Crippen molar-refractivity contribution in [2.45, 2.75) is 32.1 Å². The van der Waals surface area contributed by atoms with Gasteiger partial charge in [0.05, 0.1) is 19.1 Å². The summed E-state index contributed by atoms with van der Waals surface area (Å²) >= 11 is 0. The number of anilines is 2. The number of hydrogen-bond donors (Lipinski definition) is 1. The Morgan fingerprint density at radius 1 is 1.20 bits per heavy atom. The zero-order valence-electron chi connectivity index (χ0n) is 14.6. The highest BCUT2D eigenvalue weighted by molar-refractivity contribution is 5.72. The van der Waals surface area contributed by atoms with Crippen molar-refractivity contribution < 1.29 is 19.0 Å². The highest BCUT2D eigenvalue weighted by Gasteiger charge is 2.22. The van der Waals surface area contributed by atoms with Gasteiger partial charge in [-0.1, -0.05) is 19.3 Å². The summed E-state index contributed by atoms with van der Waals surface area (Å²) in [6, 6.07) is 3.70. The minimum absolute atomic E-state index is 0.0622. The van der Waals surface area contributed by atoms with Crippen LogP contribution < -0.4 is 15.4 Å². The molecule has 1 saturated carbocycles. The van der Waals surface area contributed by atoms with Crippen molar-refractivity contribution in [1.29, 1.82) is 0 Å². The zero-order valence-corrected chi connectivity index (χ0v) is 14.6. The summed E-state index contributed by atoms with van der Waals surface area (Å²) in [4.78, 5) is 18.4. The molecule has 2 heterocycles. The normalized spacial score (nSPS) is 18.8. The standard InChI is InChI=1S/C18H27N3O4/c19-16-12-15(21-6-8-23-9-7-21)13-17(20-16)24-10-11-25-18(22)14-4-2-1-3-5-14/h12-14H,1-11H2,(H2,19,20). The van der Waals surface area contributed by atoms with E-state index in [1.165, 1.54) is 6.42 Å². The first-order valence-electron chi connectivity index (χ1n) is 9.12. The Bertz CT molecular complexity index is 569. The fraction of sp³-hybridized carbons (Fsp3) is 0.667. The molecule has 138 valence electrons. The van der Waals surface area contributed by atoms with Gasteiger partial charge in [-0.05, 0) is 12.8 Å². The van der Waals surface area contributed by atoms with Gasteiger partial charge < -0.3 is 24.8 Å². The van der Waals surface area contributed by atoms with Gasteiger partial charge in [0, 0.05) is 30.9 Å². The molecule has 0 radical (unpaired) electrons. The second-order valence-corrected chi connectivity index (χ2v) is 6.54. The molecular weight excluding hydrogens is 322 g/mol. The maximum atomic E-state index is 12.0. The monoisotopic (exact) mass is 349 g/mol. The minimum atomic E-state index is -0.0992. The minimum Gasteiger partial charge on any atom is -0.474 e. The number of aromatic nitrogens is 1. The van der Waals surface area contributed by atoms with Crippen LogP contribution >= 0.6 is 0 Å². The smallest absolute Gasteiger partial charge is 0.309 e. The molecule has 0 spiro atoms. The van der Waals surface area contributed by atoms with Crippen LogP contribution in [0.5, 0.6) is 5.88 Å². The Balaban J connectivity index is 1.46. The highest BCUT2D eigenvalue weighted by atomic mass is 16.6. The van der Waals surface area contributed by atoms with Crippen LogP contribution in [-0.2, 0) is 14.3 Å². The topological polar surface area (TPSA) is 86.9 Å². The maximum Gasteiger partial charge on any atom is 0.309 e. The lowest BCUT2D eigenvalue weighted by atomic mass is 9.89. The summed E-state index contributed by atoms with van der Waals surface area (Å²) in [5.41, 5.74) is 6.86. The van der Waals surface area contributed by atoms with Crippen LogP contribution in [0.3, 0.4) is 0 Å². The number of nitrogens with zero attached hydrogens (tertiary/aromatic N) is 2. The second-order valence-electron chi connectivity index (χ2n) is 6.54. The van der Waals surface area contributed by atoms with Gasteiger partial charge in [0.25, 0.3) is 0 Å². The quantitative estimate of drug-likeness (QED) is 0.621. The van der Waals surface area contributed by atoms with E-state index in [-0.39, 0.29) is 25.1 Å². The lowest BCUT2D eigenvalue weighted by Crippen LogP contribution is -2.36. The summed E-state index contributed by atoms with van der Waals surface area (Å²) in [6.45, 7) is 3.56. The van der Waals surface area contributed by atoms with E-state index in [4.69, 9.17) is 19.9 Å². The number of nitrogen functional groups attached to an aromatic ring is 1. The molecule has 1 aliphatic heterocycles. The predicted molar refractivity (Wildman–Crippen MR) is 94.7 cm³/mol. The van der Waals surface area contributed by atoms with Gasteiger partial charge in [-0.15, -0.1) is 0 Å². The molecule has 7 heteroatoms. The van der Waals surface area contributed by atoms with Gasteiger partial charge in [-0.25, -0.2) is 0 Å². The van der Waals surface area contributed by atoms with Crippen molar-refractivity contribution in [1.82, 2.24) is 4.98 Å². The third-order valence-electron chi connectivity index (χ3n) is 4.70. The van der Waals surface area contributed by atoms with E-state index < -0.39 is 0 Å². The molecule has 2 aliphatic rings. The molecule has 0 bridgehead atoms. The van der Waals surface area contributed by atoms with E-state index in [2.05, 4.69) is 9.88 Å². The van der Waals surface area contributed by atoms with Crippen molar-refractivity contribution in [3.05, 3.63) is 12.1 Å². The van der Waals surface area contributed by atoms with Gasteiger partial charge in [0.2, 0.25) is 5.88 Å². The van der Waals surface area contributed by atoms with Crippen LogP contribution in [0.2, 0.25) is 0 Å². The lowest BCUT2D eigenvalue weighted by Gasteiger charge is -2.29. The first-order chi connectivity index (χ1) is 12.2. The fourth-order valence-corrected chi connectivity index (χ4v) is 3.33. The molecule has 25 heavy (non-hydrogen) atoms. The fourth-order valence-electron chi connectivity index (χ4n) is 3.33. The SMILES string of the molecule is Nc1cc(N2CCOCC2)cc(OCCOC(=O)C2CCCCC2)n1. The number of carbonyl (C=O) groups is 1. The molecule has 0 unspecified atom stereocenters. The number of pyridine rings is 1. The van der Waals surface area contributed by atoms with Crippen LogP contribution in [0.15, 0.2) is 12.1 Å². The van der Waals surface area contributed by atoms with E-state index >= 15 is 0 Å². The highest BCUT2D eigenvalue weighted by Crippen LogP contribution is 2.25. The summed E-state index contributed by atoms with van der Waals surface area (Å²) in [5.74, 6) is 0.832. The number of hydrogen-bond acceptors (Lipinski definition) is 7. The molecule has 1 saturated heterocycles. The number of morpholine rings is 1. The average molecular weight is 349 g/mol. The Hall–Kier alpha value is -2.02. The van der Waals surface area contributed by atoms with Crippen molar-refractivity contribution in [3.63, 3.8) is 0 Å². The summed E-state index contributed by atoms with van der Waals surface area (Å²) in [6.07, 6.45) is 5.35. The van der Waals surface area contributed by atoms with Gasteiger partial charge in [0.15, 0.2) is 0 Å². The maximum absolute atomic E-state index is 12.0. The van der Waals surface area contributed by atoms with Crippen LogP contribution in [-0.4, -0.2) is 50.5 Å². The van der Waals surface area contributed by atoms with Gasteiger partial charge >= 0.3 is 5.97 Å². The molecule has 3 rings (SSSR count). The number of carbonyl (C=O) groups excluding carboxylic acids is 1. The number of esters is 1. The summed E-state index contributed by atoms with van der Waals surface area (Å²) in [5, 5.41) is 0. The zero-order chi connectivity index (χ0) is 17.5. The van der Waals surface area contributed by atoms with Gasteiger partial charge in [0.1, 0.15) is 19.0 Å². The Morgan fingerprint density at radius 2 is 1.96 bits per heavy atom. The molecule has 2 N–H and O–H groups in total. The number of rotatable bonds is 6. The van der Waals surface area contributed by atoms with Gasteiger partial charge in [-0.3, -0.25) is 4.79 Å². The van der Waals surface area contributed by atoms with E-state index in [1.54, 1.807) is 0 Å². The summed E-state index contributed by atoms with van der Waals surface area (Å²) < 4.78 is 16.3. The van der Waals surface area contributed by atoms with E-state index in [0.717, 1.165) is 44.5 Å². The van der Waals surface area contributed by atoms with Crippen LogP contribution in [0.4, 0.5) is 11.5 Å². The third-order valence-corrected chi connectivity index (χ3v) is 4.70. The molecule has 1 aliphatic carbocycles. The Morgan fingerprint density at radius 3 is 2.72 bits per heavy atom. The molecule has 0 amide bonds. The largest absolute Gasteiger partial charge is 0.474 e. The lowest BCUT2D eigenvalue weighted by molar-refractivity contribution is -0.150.